The van der Waals surface area contributed by atoms with Gasteiger partial charge in [0.2, 0.25) is 0 Å². The van der Waals surface area contributed by atoms with Crippen molar-refractivity contribution in [1.82, 2.24) is 4.98 Å². The standard InChI is InChI=1S/C37H53NO3/c1-21(2)23-13-16-37(32(39)40)18-17-35(6)26(30(23)37)10-12-29-34(5)20-25-24-19-22(41-8)9-11-27(24)38-31(25)33(3,4)28(34)14-15-36(29,35)7/h9,11,19,21,23,26,28-30,38H,10,12-18,20H2,1-8H3,(H,39,40)/t23?,26?,28?,29?,30?,34-,35+,36+,37-/m0/s1. The number of carboxylic acid groups (broad SMARTS) is 1. The number of fused-ring (bicyclic) bond motifs is 10. The van der Waals surface area contributed by atoms with Crippen LogP contribution in [-0.4, -0.2) is 23.2 Å². The maximum absolute atomic E-state index is 13.0. The molecule has 41 heavy (non-hydrogen) atoms. The molecule has 0 spiro atoms. The van der Waals surface area contributed by atoms with E-state index in [0.717, 1.165) is 37.9 Å². The van der Waals surface area contributed by atoms with E-state index in [1.807, 2.05) is 0 Å². The maximum atomic E-state index is 13.0. The zero-order valence-electron chi connectivity index (χ0n) is 26.8. The van der Waals surface area contributed by atoms with Crippen molar-refractivity contribution in [2.45, 2.75) is 112 Å². The number of H-pyrrole nitrogens is 1. The summed E-state index contributed by atoms with van der Waals surface area (Å²) in [5, 5.41) is 12.0. The van der Waals surface area contributed by atoms with Crippen LogP contribution in [0.4, 0.5) is 0 Å². The van der Waals surface area contributed by atoms with Gasteiger partial charge in [-0.15, -0.1) is 0 Å². The molecule has 0 saturated heterocycles. The van der Waals surface area contributed by atoms with Crippen LogP contribution in [0.1, 0.15) is 111 Å². The third-order valence-electron chi connectivity index (χ3n) is 15.2. The number of benzene rings is 1. The van der Waals surface area contributed by atoms with Gasteiger partial charge in [-0.2, -0.15) is 0 Å². The van der Waals surface area contributed by atoms with Crippen molar-refractivity contribution >= 4 is 16.9 Å². The summed E-state index contributed by atoms with van der Waals surface area (Å²) in [5.41, 5.74) is 4.42. The molecule has 0 bridgehead atoms. The normalized spacial score (nSPS) is 44.5. The lowest BCUT2D eigenvalue weighted by molar-refractivity contribution is -0.230. The number of nitrogens with one attached hydrogen (secondary N) is 1. The first-order valence-electron chi connectivity index (χ1n) is 16.7. The van der Waals surface area contributed by atoms with Gasteiger partial charge in [-0.3, -0.25) is 4.79 Å². The van der Waals surface area contributed by atoms with E-state index in [0.29, 0.717) is 35.5 Å². The molecule has 1 aromatic heterocycles. The van der Waals surface area contributed by atoms with Crippen LogP contribution < -0.4 is 4.74 Å². The smallest absolute Gasteiger partial charge is 0.309 e. The van der Waals surface area contributed by atoms with Crippen LogP contribution in [0.2, 0.25) is 0 Å². The van der Waals surface area contributed by atoms with Gasteiger partial charge in [0.15, 0.2) is 0 Å². The van der Waals surface area contributed by atoms with Crippen LogP contribution in [0.15, 0.2) is 18.2 Å². The number of rotatable bonds is 3. The van der Waals surface area contributed by atoms with Gasteiger partial charge >= 0.3 is 5.97 Å². The Kier molecular flexibility index (Phi) is 5.82. The Balaban J connectivity index is 1.33. The number of hydrogen-bond acceptors (Lipinski definition) is 2. The first kappa shape index (κ1) is 27.8. The highest BCUT2D eigenvalue weighted by molar-refractivity contribution is 5.87. The largest absolute Gasteiger partial charge is 0.497 e. The summed E-state index contributed by atoms with van der Waals surface area (Å²) < 4.78 is 5.67. The SMILES string of the molecule is COc1ccc2[nH]c3c(c2c1)C[C@@]1(C)C(CC[C@]2(C)C1CCC1C4C(C(C)C)CC[C@]4(C(=O)O)CC[C@]12C)C3(C)C. The van der Waals surface area contributed by atoms with E-state index in [2.05, 4.69) is 71.6 Å². The fraction of sp³-hybridized carbons (Fsp3) is 0.757. The van der Waals surface area contributed by atoms with Gasteiger partial charge < -0.3 is 14.8 Å². The number of aromatic nitrogens is 1. The van der Waals surface area contributed by atoms with Crippen LogP contribution in [0.3, 0.4) is 0 Å². The number of aromatic amines is 1. The highest BCUT2D eigenvalue weighted by Crippen LogP contribution is 2.77. The molecule has 2 N–H and O–H groups in total. The minimum atomic E-state index is -0.494. The third kappa shape index (κ3) is 3.26. The molecule has 4 saturated carbocycles. The number of ether oxygens (including phenoxy) is 1. The molecule has 5 unspecified atom stereocenters. The topological polar surface area (TPSA) is 62.3 Å². The van der Waals surface area contributed by atoms with Gasteiger partial charge in [-0.1, -0.05) is 48.5 Å². The average molecular weight is 560 g/mol. The van der Waals surface area contributed by atoms with Crippen molar-refractivity contribution < 1.29 is 14.6 Å². The van der Waals surface area contributed by atoms with E-state index in [9.17, 15) is 9.90 Å². The minimum absolute atomic E-state index is 0.0763. The summed E-state index contributed by atoms with van der Waals surface area (Å²) in [6.07, 6.45) is 10.1. The highest BCUT2D eigenvalue weighted by Gasteiger charge is 2.72. The second-order valence-corrected chi connectivity index (χ2v) is 16.9. The molecule has 0 radical (unpaired) electrons. The Labute approximate surface area is 247 Å². The molecule has 0 amide bonds. The van der Waals surface area contributed by atoms with E-state index >= 15 is 0 Å². The lowest BCUT2D eigenvalue weighted by Crippen LogP contribution is -2.67. The molecule has 2 aromatic rings. The van der Waals surface area contributed by atoms with E-state index in [-0.39, 0.29) is 21.7 Å². The Morgan fingerprint density at radius 3 is 2.39 bits per heavy atom. The number of carbonyl (C=O) groups is 1. The third-order valence-corrected chi connectivity index (χ3v) is 15.2. The van der Waals surface area contributed by atoms with Gasteiger partial charge in [0.05, 0.1) is 12.5 Å². The van der Waals surface area contributed by atoms with Crippen molar-refractivity contribution in [1.29, 1.82) is 0 Å². The van der Waals surface area contributed by atoms with Crippen molar-refractivity contribution in [3.8, 4) is 5.75 Å². The van der Waals surface area contributed by atoms with Crippen molar-refractivity contribution in [2.24, 2.45) is 57.2 Å². The van der Waals surface area contributed by atoms with Crippen LogP contribution in [0.5, 0.6) is 5.75 Å². The minimum Gasteiger partial charge on any atom is -0.497 e. The molecule has 5 aliphatic rings. The fourth-order valence-corrected chi connectivity index (χ4v) is 13.2. The first-order chi connectivity index (χ1) is 19.2. The molecule has 1 heterocycles. The quantitative estimate of drug-likeness (QED) is 0.394. The Bertz CT molecular complexity index is 1400. The second-order valence-electron chi connectivity index (χ2n) is 16.9. The predicted molar refractivity (Wildman–Crippen MR) is 165 cm³/mol. The summed E-state index contributed by atoms with van der Waals surface area (Å²) in [6.45, 7) is 17.7. The van der Waals surface area contributed by atoms with Crippen LogP contribution in [0.25, 0.3) is 10.9 Å². The molecule has 224 valence electrons. The van der Waals surface area contributed by atoms with Crippen LogP contribution in [0, 0.1) is 57.2 Å². The zero-order chi connectivity index (χ0) is 29.3. The summed E-state index contributed by atoms with van der Waals surface area (Å²) in [4.78, 5) is 16.9. The van der Waals surface area contributed by atoms with E-state index < -0.39 is 11.4 Å². The lowest BCUT2D eigenvalue weighted by Gasteiger charge is -2.72. The molecule has 9 atom stereocenters. The van der Waals surface area contributed by atoms with Crippen molar-refractivity contribution in [3.63, 3.8) is 0 Å². The number of methoxy groups -OCH3 is 1. The molecular weight excluding hydrogens is 506 g/mol. The van der Waals surface area contributed by atoms with Gasteiger partial charge in [0.25, 0.3) is 0 Å². The summed E-state index contributed by atoms with van der Waals surface area (Å²) in [5.74, 6) is 3.67. The van der Waals surface area contributed by atoms with Crippen LogP contribution in [-0.2, 0) is 16.6 Å². The summed E-state index contributed by atoms with van der Waals surface area (Å²) in [7, 11) is 1.77. The van der Waals surface area contributed by atoms with Crippen molar-refractivity contribution in [2.75, 3.05) is 7.11 Å². The fourth-order valence-electron chi connectivity index (χ4n) is 13.2. The molecule has 4 heteroatoms. The van der Waals surface area contributed by atoms with Crippen molar-refractivity contribution in [3.05, 3.63) is 29.5 Å². The van der Waals surface area contributed by atoms with Crippen LogP contribution >= 0.6 is 0 Å². The molecule has 4 fully saturated rings. The van der Waals surface area contributed by atoms with E-state index in [4.69, 9.17) is 4.74 Å². The van der Waals surface area contributed by atoms with Gasteiger partial charge in [-0.25, -0.2) is 0 Å². The number of carboxylic acids is 1. The first-order valence-corrected chi connectivity index (χ1v) is 16.7. The average Bonchev–Trinajstić information content (AvgIpc) is 3.49. The Hall–Kier alpha value is -1.97. The highest BCUT2D eigenvalue weighted by atomic mass is 16.5. The number of aliphatic carboxylic acids is 1. The monoisotopic (exact) mass is 559 g/mol. The number of hydrogen-bond donors (Lipinski definition) is 2. The van der Waals surface area contributed by atoms with Gasteiger partial charge in [0.1, 0.15) is 5.75 Å². The Morgan fingerprint density at radius 1 is 0.951 bits per heavy atom. The summed E-state index contributed by atoms with van der Waals surface area (Å²) in [6, 6.07) is 6.54. The lowest BCUT2D eigenvalue weighted by atomic mass is 9.32. The second kappa shape index (κ2) is 8.56. The predicted octanol–water partition coefficient (Wildman–Crippen LogP) is 9.01. The Morgan fingerprint density at radius 2 is 1.71 bits per heavy atom. The zero-order valence-corrected chi connectivity index (χ0v) is 26.8. The summed E-state index contributed by atoms with van der Waals surface area (Å²) >= 11 is 0. The van der Waals surface area contributed by atoms with Gasteiger partial charge in [-0.05, 0) is 133 Å². The van der Waals surface area contributed by atoms with E-state index in [1.165, 1.54) is 47.8 Å². The van der Waals surface area contributed by atoms with Gasteiger partial charge in [0, 0.05) is 22.0 Å². The molecule has 0 aliphatic heterocycles. The molecule has 5 aliphatic carbocycles. The molecule has 4 nitrogen and oxygen atoms in total. The van der Waals surface area contributed by atoms with E-state index in [1.54, 1.807) is 7.11 Å². The molecule has 7 rings (SSSR count). The maximum Gasteiger partial charge on any atom is 0.309 e. The molecule has 1 aromatic carbocycles. The molecular formula is C37H53NO3.